The summed E-state index contributed by atoms with van der Waals surface area (Å²) in [6.07, 6.45) is 2.53. The van der Waals surface area contributed by atoms with E-state index in [0.29, 0.717) is 5.69 Å². The zero-order chi connectivity index (χ0) is 17.6. The summed E-state index contributed by atoms with van der Waals surface area (Å²) in [5, 5.41) is 5.93. The Morgan fingerprint density at radius 3 is 2.60 bits per heavy atom. The number of hydrogen-bond donors (Lipinski definition) is 2. The van der Waals surface area contributed by atoms with Crippen molar-refractivity contribution in [2.75, 3.05) is 10.6 Å². The van der Waals surface area contributed by atoms with Crippen molar-refractivity contribution >= 4 is 23.0 Å². The van der Waals surface area contributed by atoms with E-state index >= 15 is 0 Å². The zero-order valence-electron chi connectivity index (χ0n) is 13.8. The van der Waals surface area contributed by atoms with Gasteiger partial charge in [0, 0.05) is 11.4 Å². The van der Waals surface area contributed by atoms with Crippen molar-refractivity contribution in [1.82, 2.24) is 4.98 Å². The number of para-hydroxylation sites is 1. The van der Waals surface area contributed by atoms with Crippen LogP contribution < -0.4 is 10.6 Å². The van der Waals surface area contributed by atoms with Gasteiger partial charge in [-0.2, -0.15) is 0 Å². The third kappa shape index (κ3) is 4.20. The van der Waals surface area contributed by atoms with Crippen molar-refractivity contribution in [2.24, 2.45) is 0 Å². The molecule has 0 atom stereocenters. The molecule has 0 fully saturated rings. The Balaban J connectivity index is 1.70. The average molecular weight is 335 g/mol. The second-order valence-electron chi connectivity index (χ2n) is 5.53. The van der Waals surface area contributed by atoms with Gasteiger partial charge in [-0.1, -0.05) is 31.2 Å². The molecule has 25 heavy (non-hydrogen) atoms. The SMILES string of the molecule is CCc1ccccc1Nc1ccc(C(=O)Nc2cccc(F)c2)nc1. The summed E-state index contributed by atoms with van der Waals surface area (Å²) in [6, 6.07) is 17.2. The molecular formula is C20H18FN3O. The Kier molecular flexibility index (Phi) is 5.04. The summed E-state index contributed by atoms with van der Waals surface area (Å²) >= 11 is 0. The number of benzene rings is 2. The lowest BCUT2D eigenvalue weighted by Gasteiger charge is -2.11. The van der Waals surface area contributed by atoms with Crippen molar-refractivity contribution in [3.05, 3.63) is 83.9 Å². The number of pyridine rings is 1. The van der Waals surface area contributed by atoms with Crippen LogP contribution in [0.1, 0.15) is 23.0 Å². The first-order valence-electron chi connectivity index (χ1n) is 8.03. The molecule has 1 amide bonds. The molecule has 4 nitrogen and oxygen atoms in total. The minimum absolute atomic E-state index is 0.263. The van der Waals surface area contributed by atoms with E-state index in [-0.39, 0.29) is 11.6 Å². The third-order valence-electron chi connectivity index (χ3n) is 3.76. The molecule has 126 valence electrons. The molecule has 1 heterocycles. The molecule has 0 aliphatic heterocycles. The first kappa shape index (κ1) is 16.6. The van der Waals surface area contributed by atoms with Crippen LogP contribution in [0.3, 0.4) is 0 Å². The number of nitrogens with one attached hydrogen (secondary N) is 2. The molecule has 5 heteroatoms. The van der Waals surface area contributed by atoms with Crippen LogP contribution in [0, 0.1) is 5.82 Å². The molecule has 1 aromatic heterocycles. The number of hydrogen-bond acceptors (Lipinski definition) is 3. The maximum atomic E-state index is 13.2. The molecule has 0 unspecified atom stereocenters. The highest BCUT2D eigenvalue weighted by Crippen LogP contribution is 2.21. The molecule has 3 rings (SSSR count). The highest BCUT2D eigenvalue weighted by Gasteiger charge is 2.08. The average Bonchev–Trinajstić information content (AvgIpc) is 2.63. The van der Waals surface area contributed by atoms with Gasteiger partial charge >= 0.3 is 0 Å². The van der Waals surface area contributed by atoms with E-state index in [2.05, 4.69) is 28.6 Å². The van der Waals surface area contributed by atoms with Gasteiger partial charge in [-0.25, -0.2) is 9.37 Å². The van der Waals surface area contributed by atoms with Crippen LogP contribution in [0.2, 0.25) is 0 Å². The van der Waals surface area contributed by atoms with Gasteiger partial charge in [-0.15, -0.1) is 0 Å². The standard InChI is InChI=1S/C20H18FN3O/c1-2-14-6-3-4-9-18(14)23-17-10-11-19(22-13-17)20(25)24-16-8-5-7-15(21)12-16/h3-13,23H,2H2,1H3,(H,24,25). The lowest BCUT2D eigenvalue weighted by Crippen LogP contribution is -2.13. The van der Waals surface area contributed by atoms with Gasteiger partial charge < -0.3 is 10.6 Å². The maximum Gasteiger partial charge on any atom is 0.274 e. The van der Waals surface area contributed by atoms with E-state index in [4.69, 9.17) is 0 Å². The number of carbonyl (C=O) groups excluding carboxylic acids is 1. The van der Waals surface area contributed by atoms with E-state index in [1.165, 1.54) is 23.8 Å². The summed E-state index contributed by atoms with van der Waals surface area (Å²) < 4.78 is 13.2. The fourth-order valence-corrected chi connectivity index (χ4v) is 2.47. The van der Waals surface area contributed by atoms with Crippen LogP contribution in [-0.4, -0.2) is 10.9 Å². The summed E-state index contributed by atoms with van der Waals surface area (Å²) in [5.41, 5.74) is 3.67. The molecule has 2 aromatic carbocycles. The summed E-state index contributed by atoms with van der Waals surface area (Å²) in [7, 11) is 0. The minimum Gasteiger partial charge on any atom is -0.354 e. The second-order valence-corrected chi connectivity index (χ2v) is 5.53. The molecule has 0 aliphatic carbocycles. The Bertz CT molecular complexity index is 878. The van der Waals surface area contributed by atoms with E-state index in [0.717, 1.165) is 17.8 Å². The van der Waals surface area contributed by atoms with Gasteiger partial charge in [0.25, 0.3) is 5.91 Å². The minimum atomic E-state index is -0.403. The number of amides is 1. The van der Waals surface area contributed by atoms with Gasteiger partial charge in [0.1, 0.15) is 11.5 Å². The number of nitrogens with zero attached hydrogens (tertiary/aromatic N) is 1. The smallest absolute Gasteiger partial charge is 0.274 e. The van der Waals surface area contributed by atoms with Crippen LogP contribution in [0.4, 0.5) is 21.5 Å². The van der Waals surface area contributed by atoms with Crippen molar-refractivity contribution in [2.45, 2.75) is 13.3 Å². The van der Waals surface area contributed by atoms with Crippen molar-refractivity contribution in [3.8, 4) is 0 Å². The number of rotatable bonds is 5. The number of carbonyl (C=O) groups is 1. The quantitative estimate of drug-likeness (QED) is 0.705. The highest BCUT2D eigenvalue weighted by atomic mass is 19.1. The molecular weight excluding hydrogens is 317 g/mol. The van der Waals surface area contributed by atoms with E-state index in [1.807, 2.05) is 18.2 Å². The first-order valence-corrected chi connectivity index (χ1v) is 8.03. The normalized spacial score (nSPS) is 10.3. The largest absolute Gasteiger partial charge is 0.354 e. The van der Waals surface area contributed by atoms with E-state index in [9.17, 15) is 9.18 Å². The number of halogens is 1. The number of aromatic nitrogens is 1. The maximum absolute atomic E-state index is 13.2. The molecule has 3 aromatic rings. The van der Waals surface area contributed by atoms with Crippen LogP contribution in [0.25, 0.3) is 0 Å². The molecule has 0 aliphatic rings. The summed E-state index contributed by atoms with van der Waals surface area (Å²) in [4.78, 5) is 16.4. The van der Waals surface area contributed by atoms with Crippen molar-refractivity contribution < 1.29 is 9.18 Å². The van der Waals surface area contributed by atoms with Crippen LogP contribution in [0.15, 0.2) is 66.9 Å². The molecule has 2 N–H and O–H groups in total. The predicted molar refractivity (Wildman–Crippen MR) is 97.7 cm³/mol. The Hall–Kier alpha value is -3.21. The summed E-state index contributed by atoms with van der Waals surface area (Å²) in [5.74, 6) is -0.786. The lowest BCUT2D eigenvalue weighted by atomic mass is 10.1. The van der Waals surface area contributed by atoms with Gasteiger partial charge in [0.05, 0.1) is 11.9 Å². The molecule has 0 spiro atoms. The highest BCUT2D eigenvalue weighted by molar-refractivity contribution is 6.02. The fourth-order valence-electron chi connectivity index (χ4n) is 2.47. The predicted octanol–water partition coefficient (Wildman–Crippen LogP) is 4.78. The van der Waals surface area contributed by atoms with Crippen LogP contribution in [-0.2, 0) is 6.42 Å². The van der Waals surface area contributed by atoms with Gasteiger partial charge in [-0.05, 0) is 48.4 Å². The van der Waals surface area contributed by atoms with Crippen LogP contribution >= 0.6 is 0 Å². The molecule has 0 radical (unpaired) electrons. The first-order chi connectivity index (χ1) is 12.2. The van der Waals surface area contributed by atoms with Crippen molar-refractivity contribution in [1.29, 1.82) is 0 Å². The second kappa shape index (κ2) is 7.57. The van der Waals surface area contributed by atoms with Gasteiger partial charge in [0.2, 0.25) is 0 Å². The fraction of sp³-hybridized carbons (Fsp3) is 0.100. The number of aryl methyl sites for hydroxylation is 1. The Morgan fingerprint density at radius 2 is 1.88 bits per heavy atom. The number of anilines is 3. The van der Waals surface area contributed by atoms with Crippen molar-refractivity contribution in [3.63, 3.8) is 0 Å². The van der Waals surface area contributed by atoms with Crippen LogP contribution in [0.5, 0.6) is 0 Å². The Labute approximate surface area is 145 Å². The lowest BCUT2D eigenvalue weighted by molar-refractivity contribution is 0.102. The Morgan fingerprint density at radius 1 is 1.04 bits per heavy atom. The molecule has 0 saturated heterocycles. The molecule has 0 bridgehead atoms. The summed E-state index contributed by atoms with van der Waals surface area (Å²) in [6.45, 7) is 2.10. The third-order valence-corrected chi connectivity index (χ3v) is 3.76. The van der Waals surface area contributed by atoms with Gasteiger partial charge in [-0.3, -0.25) is 4.79 Å². The van der Waals surface area contributed by atoms with Gasteiger partial charge in [0.15, 0.2) is 0 Å². The molecule has 0 saturated carbocycles. The topological polar surface area (TPSA) is 54.0 Å². The van der Waals surface area contributed by atoms with E-state index < -0.39 is 5.82 Å². The monoisotopic (exact) mass is 335 g/mol. The zero-order valence-corrected chi connectivity index (χ0v) is 13.8. The van der Waals surface area contributed by atoms with E-state index in [1.54, 1.807) is 24.4 Å².